The van der Waals surface area contributed by atoms with E-state index in [1.54, 1.807) is 0 Å². The lowest BCUT2D eigenvalue weighted by molar-refractivity contribution is -0.141. The fourth-order valence-electron chi connectivity index (χ4n) is 2.86. The Hall–Kier alpha value is -1.10. The SMILES string of the molecule is O=C(O)C1C(Cl)NNC1c1ccc2c(c1)CCC2. The van der Waals surface area contributed by atoms with E-state index in [-0.39, 0.29) is 6.04 Å². The molecule has 3 N–H and O–H groups in total. The summed E-state index contributed by atoms with van der Waals surface area (Å²) >= 11 is 5.98. The minimum Gasteiger partial charge on any atom is -0.481 e. The Morgan fingerprint density at radius 2 is 2.06 bits per heavy atom. The fourth-order valence-corrected chi connectivity index (χ4v) is 3.18. The molecular formula is C13H15ClN2O2. The molecule has 3 rings (SSSR count). The van der Waals surface area contributed by atoms with Gasteiger partial charge in [0.05, 0.1) is 6.04 Å². The Kier molecular flexibility index (Phi) is 3.01. The van der Waals surface area contributed by atoms with E-state index in [1.165, 1.54) is 17.5 Å². The Labute approximate surface area is 110 Å². The van der Waals surface area contributed by atoms with Crippen LogP contribution in [0.15, 0.2) is 18.2 Å². The third-order valence-electron chi connectivity index (χ3n) is 3.82. The predicted molar refractivity (Wildman–Crippen MR) is 68.2 cm³/mol. The van der Waals surface area contributed by atoms with Gasteiger partial charge in [0.2, 0.25) is 0 Å². The number of carbonyl (C=O) groups is 1. The standard InChI is InChI=1S/C13H15ClN2O2/c14-12-10(13(17)18)11(15-16-12)9-5-4-7-2-1-3-8(7)6-9/h4-6,10-12,15-16H,1-3H2,(H,17,18). The molecular weight excluding hydrogens is 252 g/mol. The van der Waals surface area contributed by atoms with Crippen LogP contribution in [0, 0.1) is 5.92 Å². The lowest BCUT2D eigenvalue weighted by Gasteiger charge is -2.17. The Balaban J connectivity index is 1.92. The van der Waals surface area contributed by atoms with Gasteiger partial charge in [-0.2, -0.15) is 0 Å². The third kappa shape index (κ3) is 1.90. The lowest BCUT2D eigenvalue weighted by atomic mass is 9.93. The average Bonchev–Trinajstić information content (AvgIpc) is 2.93. The molecule has 4 nitrogen and oxygen atoms in total. The molecule has 0 amide bonds. The largest absolute Gasteiger partial charge is 0.481 e. The molecule has 0 radical (unpaired) electrons. The number of hydrogen-bond acceptors (Lipinski definition) is 3. The van der Waals surface area contributed by atoms with Crippen LogP contribution in [-0.4, -0.2) is 16.6 Å². The molecule has 2 aliphatic rings. The molecule has 1 aliphatic carbocycles. The molecule has 3 unspecified atom stereocenters. The molecule has 0 spiro atoms. The number of rotatable bonds is 2. The summed E-state index contributed by atoms with van der Waals surface area (Å²) in [5.74, 6) is -1.52. The highest BCUT2D eigenvalue weighted by molar-refractivity contribution is 6.21. The minimum atomic E-state index is -0.877. The summed E-state index contributed by atoms with van der Waals surface area (Å²) in [6.07, 6.45) is 3.41. The van der Waals surface area contributed by atoms with Gasteiger partial charge in [0.25, 0.3) is 0 Å². The minimum absolute atomic E-state index is 0.268. The molecule has 1 aromatic rings. The van der Waals surface area contributed by atoms with Crippen LogP contribution in [0.1, 0.15) is 29.2 Å². The molecule has 1 aromatic carbocycles. The highest BCUT2D eigenvalue weighted by Crippen LogP contribution is 2.33. The summed E-state index contributed by atoms with van der Waals surface area (Å²) in [5.41, 5.74) is 8.93. The van der Waals surface area contributed by atoms with Crippen LogP contribution in [0.3, 0.4) is 0 Å². The maximum absolute atomic E-state index is 11.3. The molecule has 1 heterocycles. The number of nitrogens with one attached hydrogen (secondary N) is 2. The molecule has 1 fully saturated rings. The van der Waals surface area contributed by atoms with E-state index in [2.05, 4.69) is 23.0 Å². The molecule has 0 saturated carbocycles. The van der Waals surface area contributed by atoms with Crippen molar-refractivity contribution in [1.29, 1.82) is 0 Å². The molecule has 0 bridgehead atoms. The Morgan fingerprint density at radius 1 is 1.28 bits per heavy atom. The van der Waals surface area contributed by atoms with Gasteiger partial charge in [-0.25, -0.2) is 10.9 Å². The van der Waals surface area contributed by atoms with Gasteiger partial charge in [-0.3, -0.25) is 4.79 Å². The quantitative estimate of drug-likeness (QED) is 0.562. The van der Waals surface area contributed by atoms with E-state index in [0.29, 0.717) is 0 Å². The Morgan fingerprint density at radius 3 is 2.83 bits per heavy atom. The van der Waals surface area contributed by atoms with E-state index >= 15 is 0 Å². The zero-order chi connectivity index (χ0) is 12.7. The zero-order valence-corrected chi connectivity index (χ0v) is 10.6. The van der Waals surface area contributed by atoms with Crippen molar-refractivity contribution in [2.75, 3.05) is 0 Å². The van der Waals surface area contributed by atoms with Crippen molar-refractivity contribution in [2.45, 2.75) is 30.8 Å². The molecule has 1 saturated heterocycles. The second kappa shape index (κ2) is 4.53. The van der Waals surface area contributed by atoms with Gasteiger partial charge in [-0.05, 0) is 36.0 Å². The van der Waals surface area contributed by atoms with Crippen LogP contribution < -0.4 is 10.9 Å². The first kappa shape index (κ1) is 12.0. The molecule has 5 heteroatoms. The van der Waals surface area contributed by atoms with Crippen LogP contribution in [0.5, 0.6) is 0 Å². The van der Waals surface area contributed by atoms with Gasteiger partial charge in [-0.15, -0.1) is 11.6 Å². The highest BCUT2D eigenvalue weighted by Gasteiger charge is 2.41. The molecule has 0 aromatic heterocycles. The van der Waals surface area contributed by atoms with E-state index in [9.17, 15) is 9.90 Å². The number of carboxylic acid groups (broad SMARTS) is 1. The van der Waals surface area contributed by atoms with Gasteiger partial charge in [0.1, 0.15) is 11.4 Å². The number of benzene rings is 1. The predicted octanol–water partition coefficient (Wildman–Crippen LogP) is 1.59. The molecule has 18 heavy (non-hydrogen) atoms. The average molecular weight is 267 g/mol. The number of halogens is 1. The van der Waals surface area contributed by atoms with E-state index < -0.39 is 17.4 Å². The van der Waals surface area contributed by atoms with Crippen molar-refractivity contribution >= 4 is 17.6 Å². The van der Waals surface area contributed by atoms with Crippen LogP contribution >= 0.6 is 11.6 Å². The number of aryl methyl sites for hydroxylation is 2. The molecule has 1 aliphatic heterocycles. The van der Waals surface area contributed by atoms with Crippen LogP contribution in [0.25, 0.3) is 0 Å². The van der Waals surface area contributed by atoms with Gasteiger partial charge < -0.3 is 5.11 Å². The van der Waals surface area contributed by atoms with Crippen molar-refractivity contribution in [3.8, 4) is 0 Å². The number of alkyl halides is 1. The van der Waals surface area contributed by atoms with Crippen molar-refractivity contribution in [1.82, 2.24) is 10.9 Å². The Bertz CT molecular complexity index is 492. The number of aliphatic carboxylic acids is 1. The summed E-state index contributed by atoms with van der Waals surface area (Å²) in [4.78, 5) is 11.3. The number of fused-ring (bicyclic) bond motifs is 1. The van der Waals surface area contributed by atoms with Crippen LogP contribution in [-0.2, 0) is 17.6 Å². The van der Waals surface area contributed by atoms with Gasteiger partial charge in [-0.1, -0.05) is 18.2 Å². The lowest BCUT2D eigenvalue weighted by Crippen LogP contribution is -2.28. The molecule has 96 valence electrons. The number of hydrogen-bond donors (Lipinski definition) is 3. The fraction of sp³-hybridized carbons (Fsp3) is 0.462. The van der Waals surface area contributed by atoms with Crippen LogP contribution in [0.4, 0.5) is 0 Å². The zero-order valence-electron chi connectivity index (χ0n) is 9.82. The van der Waals surface area contributed by atoms with Crippen molar-refractivity contribution in [2.24, 2.45) is 5.92 Å². The smallest absolute Gasteiger partial charge is 0.311 e. The maximum atomic E-state index is 11.3. The summed E-state index contributed by atoms with van der Waals surface area (Å²) < 4.78 is 0. The first-order valence-electron chi connectivity index (χ1n) is 6.16. The topological polar surface area (TPSA) is 61.4 Å². The van der Waals surface area contributed by atoms with E-state index in [0.717, 1.165) is 18.4 Å². The first-order chi connectivity index (χ1) is 8.66. The summed E-state index contributed by atoms with van der Waals surface area (Å²) in [6.45, 7) is 0. The second-order valence-electron chi connectivity index (χ2n) is 4.91. The molecule has 3 atom stereocenters. The van der Waals surface area contributed by atoms with Crippen LogP contribution in [0.2, 0.25) is 0 Å². The summed E-state index contributed by atoms with van der Waals surface area (Å²) in [7, 11) is 0. The van der Waals surface area contributed by atoms with Gasteiger partial charge in [0, 0.05) is 0 Å². The summed E-state index contributed by atoms with van der Waals surface area (Å²) in [6, 6.07) is 5.97. The number of hydrazine groups is 1. The van der Waals surface area contributed by atoms with Crippen molar-refractivity contribution < 1.29 is 9.90 Å². The van der Waals surface area contributed by atoms with E-state index in [4.69, 9.17) is 11.6 Å². The van der Waals surface area contributed by atoms with Crippen molar-refractivity contribution in [3.05, 3.63) is 34.9 Å². The summed E-state index contributed by atoms with van der Waals surface area (Å²) in [5, 5.41) is 9.24. The third-order valence-corrected chi connectivity index (χ3v) is 4.20. The normalized spacial score (nSPS) is 30.4. The van der Waals surface area contributed by atoms with Crippen molar-refractivity contribution in [3.63, 3.8) is 0 Å². The second-order valence-corrected chi connectivity index (χ2v) is 5.38. The maximum Gasteiger partial charge on any atom is 0.311 e. The van der Waals surface area contributed by atoms with E-state index in [1.807, 2.05) is 6.07 Å². The monoisotopic (exact) mass is 266 g/mol. The number of carboxylic acids is 1. The van der Waals surface area contributed by atoms with Gasteiger partial charge in [0.15, 0.2) is 0 Å². The highest BCUT2D eigenvalue weighted by atomic mass is 35.5. The first-order valence-corrected chi connectivity index (χ1v) is 6.60. The van der Waals surface area contributed by atoms with Gasteiger partial charge >= 0.3 is 5.97 Å².